The minimum Gasteiger partial charge on any atom is -0.481 e. The van der Waals surface area contributed by atoms with E-state index in [2.05, 4.69) is 4.98 Å². The predicted molar refractivity (Wildman–Crippen MR) is 81.1 cm³/mol. The number of amides is 1. The number of likely N-dealkylation sites (tertiary alicyclic amines) is 1. The SMILES string of the molecule is CC(=O)c1c(C)[nH]c(C(=O)N2CC(C)CC(C(=O)O)C2)c1C. The van der Waals surface area contributed by atoms with Crippen molar-refractivity contribution in [2.75, 3.05) is 13.1 Å². The Labute approximate surface area is 129 Å². The average Bonchev–Trinajstić information content (AvgIpc) is 2.72. The van der Waals surface area contributed by atoms with E-state index in [9.17, 15) is 19.5 Å². The topological polar surface area (TPSA) is 90.5 Å². The third kappa shape index (κ3) is 2.91. The van der Waals surface area contributed by atoms with Gasteiger partial charge in [-0.3, -0.25) is 14.4 Å². The highest BCUT2D eigenvalue weighted by molar-refractivity contribution is 6.02. The van der Waals surface area contributed by atoms with Crippen molar-refractivity contribution in [3.8, 4) is 0 Å². The van der Waals surface area contributed by atoms with Crippen molar-refractivity contribution < 1.29 is 19.5 Å². The number of aromatic nitrogens is 1. The molecule has 22 heavy (non-hydrogen) atoms. The third-order valence-corrected chi connectivity index (χ3v) is 4.30. The lowest BCUT2D eigenvalue weighted by Gasteiger charge is -2.34. The molecule has 1 aromatic rings. The number of carbonyl (C=O) groups is 3. The van der Waals surface area contributed by atoms with Crippen LogP contribution in [0, 0.1) is 25.7 Å². The molecular weight excluding hydrogens is 284 g/mol. The lowest BCUT2D eigenvalue weighted by molar-refractivity contribution is -0.143. The molecule has 0 aromatic carbocycles. The number of piperidine rings is 1. The molecular formula is C16H22N2O4. The summed E-state index contributed by atoms with van der Waals surface area (Å²) >= 11 is 0. The quantitative estimate of drug-likeness (QED) is 0.836. The molecule has 2 N–H and O–H groups in total. The van der Waals surface area contributed by atoms with Crippen LogP contribution in [0.25, 0.3) is 0 Å². The maximum absolute atomic E-state index is 12.7. The van der Waals surface area contributed by atoms with E-state index < -0.39 is 11.9 Å². The number of nitrogens with one attached hydrogen (secondary N) is 1. The molecule has 1 fully saturated rings. The van der Waals surface area contributed by atoms with E-state index in [1.807, 2.05) is 6.92 Å². The van der Waals surface area contributed by atoms with Gasteiger partial charge in [-0.2, -0.15) is 0 Å². The number of aromatic amines is 1. The average molecular weight is 306 g/mol. The van der Waals surface area contributed by atoms with Crippen LogP contribution in [0.1, 0.15) is 52.4 Å². The maximum atomic E-state index is 12.7. The van der Waals surface area contributed by atoms with E-state index in [-0.39, 0.29) is 24.2 Å². The van der Waals surface area contributed by atoms with E-state index in [0.29, 0.717) is 35.5 Å². The Morgan fingerprint density at radius 1 is 1.23 bits per heavy atom. The first-order valence-corrected chi connectivity index (χ1v) is 7.44. The van der Waals surface area contributed by atoms with E-state index in [0.717, 1.165) is 0 Å². The van der Waals surface area contributed by atoms with Gasteiger partial charge in [-0.1, -0.05) is 6.92 Å². The number of hydrogen-bond donors (Lipinski definition) is 2. The number of hydrogen-bond acceptors (Lipinski definition) is 3. The van der Waals surface area contributed by atoms with Crippen molar-refractivity contribution in [1.29, 1.82) is 0 Å². The summed E-state index contributed by atoms with van der Waals surface area (Å²) in [7, 11) is 0. The summed E-state index contributed by atoms with van der Waals surface area (Å²) in [6.45, 7) is 7.68. The van der Waals surface area contributed by atoms with Crippen LogP contribution in [-0.4, -0.2) is 45.7 Å². The van der Waals surface area contributed by atoms with Crippen molar-refractivity contribution in [3.63, 3.8) is 0 Å². The van der Waals surface area contributed by atoms with Crippen LogP contribution >= 0.6 is 0 Å². The van der Waals surface area contributed by atoms with Gasteiger partial charge in [0.05, 0.1) is 5.92 Å². The minimum absolute atomic E-state index is 0.0827. The molecule has 1 aliphatic rings. The molecule has 0 radical (unpaired) electrons. The number of carboxylic acids is 1. The fraction of sp³-hybridized carbons (Fsp3) is 0.562. The van der Waals surface area contributed by atoms with Crippen molar-refractivity contribution in [1.82, 2.24) is 9.88 Å². The van der Waals surface area contributed by atoms with Crippen LogP contribution in [0.5, 0.6) is 0 Å². The zero-order chi connectivity index (χ0) is 16.6. The number of nitrogens with zero attached hydrogens (tertiary/aromatic N) is 1. The second-order valence-electron chi connectivity index (χ2n) is 6.27. The summed E-state index contributed by atoms with van der Waals surface area (Å²) in [5.74, 6) is -1.57. The van der Waals surface area contributed by atoms with Gasteiger partial charge in [0.25, 0.3) is 5.91 Å². The highest BCUT2D eigenvalue weighted by Gasteiger charge is 2.33. The Morgan fingerprint density at radius 3 is 2.36 bits per heavy atom. The minimum atomic E-state index is -0.867. The Bertz CT molecular complexity index is 632. The van der Waals surface area contributed by atoms with Crippen molar-refractivity contribution in [2.24, 2.45) is 11.8 Å². The van der Waals surface area contributed by atoms with Crippen LogP contribution in [0.15, 0.2) is 0 Å². The van der Waals surface area contributed by atoms with Gasteiger partial charge in [0.1, 0.15) is 5.69 Å². The second-order valence-corrected chi connectivity index (χ2v) is 6.27. The number of aryl methyl sites for hydroxylation is 1. The molecule has 1 amide bonds. The smallest absolute Gasteiger partial charge is 0.308 e. The molecule has 2 atom stereocenters. The monoisotopic (exact) mass is 306 g/mol. The van der Waals surface area contributed by atoms with Gasteiger partial charge in [-0.15, -0.1) is 0 Å². The largest absolute Gasteiger partial charge is 0.481 e. The summed E-state index contributed by atoms with van der Waals surface area (Å²) < 4.78 is 0. The number of ketones is 1. The molecule has 1 saturated heterocycles. The normalized spacial score (nSPS) is 21.7. The van der Waals surface area contributed by atoms with Gasteiger partial charge in [-0.05, 0) is 38.7 Å². The standard InChI is InChI=1S/C16H22N2O4/c1-8-5-12(16(21)22)7-18(6-8)15(20)14-9(2)13(11(4)19)10(3)17-14/h8,12,17H,5-7H2,1-4H3,(H,21,22). The fourth-order valence-electron chi connectivity index (χ4n) is 3.35. The number of carbonyl (C=O) groups excluding carboxylic acids is 2. The summed E-state index contributed by atoms with van der Waals surface area (Å²) in [6.07, 6.45) is 0.584. The predicted octanol–water partition coefficient (Wildman–Crippen LogP) is 2.02. The van der Waals surface area contributed by atoms with E-state index >= 15 is 0 Å². The van der Waals surface area contributed by atoms with E-state index in [1.165, 1.54) is 6.92 Å². The molecule has 0 aliphatic carbocycles. The molecule has 6 nitrogen and oxygen atoms in total. The maximum Gasteiger partial charge on any atom is 0.308 e. The van der Waals surface area contributed by atoms with Crippen LogP contribution in [0.3, 0.4) is 0 Å². The van der Waals surface area contributed by atoms with Gasteiger partial charge < -0.3 is 15.0 Å². The molecule has 0 bridgehead atoms. The molecule has 0 spiro atoms. The van der Waals surface area contributed by atoms with Crippen molar-refractivity contribution in [2.45, 2.75) is 34.1 Å². The molecule has 2 rings (SSSR count). The van der Waals surface area contributed by atoms with Crippen LogP contribution in [0.2, 0.25) is 0 Å². The Balaban J connectivity index is 2.30. The third-order valence-electron chi connectivity index (χ3n) is 4.30. The van der Waals surface area contributed by atoms with E-state index in [4.69, 9.17) is 0 Å². The van der Waals surface area contributed by atoms with Gasteiger partial charge in [0.2, 0.25) is 0 Å². The lowest BCUT2D eigenvalue weighted by atomic mass is 9.90. The molecule has 0 saturated carbocycles. The first-order chi connectivity index (χ1) is 10.2. The number of rotatable bonds is 3. The van der Waals surface area contributed by atoms with Gasteiger partial charge in [0, 0.05) is 24.3 Å². The highest BCUT2D eigenvalue weighted by atomic mass is 16.4. The highest BCUT2D eigenvalue weighted by Crippen LogP contribution is 2.25. The van der Waals surface area contributed by atoms with Gasteiger partial charge in [0.15, 0.2) is 5.78 Å². The first-order valence-electron chi connectivity index (χ1n) is 7.44. The Morgan fingerprint density at radius 2 is 1.86 bits per heavy atom. The summed E-state index contributed by atoms with van der Waals surface area (Å²) in [4.78, 5) is 40.2. The van der Waals surface area contributed by atoms with Crippen LogP contribution in [0.4, 0.5) is 0 Å². The summed E-state index contributed by atoms with van der Waals surface area (Å²) in [5, 5.41) is 9.21. The first kappa shape index (κ1) is 16.3. The zero-order valence-corrected chi connectivity index (χ0v) is 13.4. The Kier molecular flexibility index (Phi) is 4.39. The van der Waals surface area contributed by atoms with Crippen molar-refractivity contribution >= 4 is 17.7 Å². The zero-order valence-electron chi connectivity index (χ0n) is 13.4. The van der Waals surface area contributed by atoms with Gasteiger partial charge >= 0.3 is 5.97 Å². The summed E-state index contributed by atoms with van der Waals surface area (Å²) in [6, 6.07) is 0. The molecule has 1 aliphatic heterocycles. The lowest BCUT2D eigenvalue weighted by Crippen LogP contribution is -2.45. The second kappa shape index (κ2) is 5.94. The van der Waals surface area contributed by atoms with E-state index in [1.54, 1.807) is 18.7 Å². The van der Waals surface area contributed by atoms with Gasteiger partial charge in [-0.25, -0.2) is 0 Å². The van der Waals surface area contributed by atoms with Crippen LogP contribution in [-0.2, 0) is 4.79 Å². The number of Topliss-reactive ketones (excluding diaryl/α,β-unsaturated/α-hetero) is 1. The molecule has 2 unspecified atom stereocenters. The number of H-pyrrole nitrogens is 1. The van der Waals surface area contributed by atoms with Crippen LogP contribution < -0.4 is 0 Å². The molecule has 120 valence electrons. The molecule has 6 heteroatoms. The fourth-order valence-corrected chi connectivity index (χ4v) is 3.35. The number of carboxylic acid groups (broad SMARTS) is 1. The molecule has 2 heterocycles. The summed E-state index contributed by atoms with van der Waals surface area (Å²) in [5.41, 5.74) is 2.25. The Hall–Kier alpha value is -2.11. The number of aliphatic carboxylic acids is 1. The van der Waals surface area contributed by atoms with Crippen molar-refractivity contribution in [3.05, 3.63) is 22.5 Å². The molecule has 1 aromatic heterocycles.